The van der Waals surface area contributed by atoms with Gasteiger partial charge in [-0.15, -0.1) is 0 Å². The highest BCUT2D eigenvalue weighted by Crippen LogP contribution is 2.30. The monoisotopic (exact) mass is 329 g/mol. The lowest BCUT2D eigenvalue weighted by Crippen LogP contribution is -1.93. The van der Waals surface area contributed by atoms with Crippen LogP contribution in [-0.4, -0.2) is 7.05 Å². The summed E-state index contributed by atoms with van der Waals surface area (Å²) in [5.74, 6) is 0.415. The van der Waals surface area contributed by atoms with Gasteiger partial charge in [0.1, 0.15) is 17.3 Å². The molecule has 0 radical (unpaired) electrons. The van der Waals surface area contributed by atoms with E-state index in [1.165, 1.54) is 24.1 Å². The number of hydrogen-bond acceptors (Lipinski definition) is 3. The third-order valence-electron chi connectivity index (χ3n) is 1.81. The van der Waals surface area contributed by atoms with Crippen LogP contribution in [0.3, 0.4) is 0 Å². The van der Waals surface area contributed by atoms with Crippen molar-refractivity contribution in [2.45, 2.75) is 4.90 Å². The molecule has 96 valence electrons. The van der Waals surface area contributed by atoms with Crippen LogP contribution in [0.1, 0.15) is 0 Å². The van der Waals surface area contributed by atoms with Crippen LogP contribution in [0.15, 0.2) is 64.5 Å². The lowest BCUT2D eigenvalue weighted by atomic mass is 10.3. The van der Waals surface area contributed by atoms with Gasteiger partial charge in [0.2, 0.25) is 0 Å². The molecule has 0 saturated heterocycles. The van der Waals surface area contributed by atoms with E-state index in [1.807, 2.05) is 25.2 Å². The lowest BCUT2D eigenvalue weighted by molar-refractivity contribution is 0.443. The average molecular weight is 330 g/mol. The van der Waals surface area contributed by atoms with Crippen molar-refractivity contribution in [1.29, 1.82) is 0 Å². The number of allylic oxidation sites excluding steroid dienone is 3. The van der Waals surface area contributed by atoms with Crippen molar-refractivity contribution in [1.82, 2.24) is 4.72 Å². The van der Waals surface area contributed by atoms with Gasteiger partial charge < -0.3 is 4.74 Å². The van der Waals surface area contributed by atoms with E-state index in [9.17, 15) is 4.39 Å². The molecule has 0 bridgehead atoms. The molecule has 1 aromatic rings. The van der Waals surface area contributed by atoms with Crippen LogP contribution in [0.2, 0.25) is 0 Å². The van der Waals surface area contributed by atoms with Gasteiger partial charge in [-0.25, -0.2) is 4.39 Å². The first-order valence-electron chi connectivity index (χ1n) is 5.05. The highest BCUT2D eigenvalue weighted by atomic mass is 79.9. The highest BCUT2D eigenvalue weighted by molar-refractivity contribution is 9.10. The summed E-state index contributed by atoms with van der Waals surface area (Å²) in [7, 11) is 1.85. The summed E-state index contributed by atoms with van der Waals surface area (Å²) in [5.41, 5.74) is 0. The van der Waals surface area contributed by atoms with Crippen LogP contribution in [0.5, 0.6) is 5.75 Å². The number of halogens is 2. The maximum atomic E-state index is 12.4. The van der Waals surface area contributed by atoms with Gasteiger partial charge in [0.05, 0.1) is 4.47 Å². The van der Waals surface area contributed by atoms with Gasteiger partial charge >= 0.3 is 0 Å². The third kappa shape index (κ3) is 5.08. The number of hydrogen-bond donors (Lipinski definition) is 1. The lowest BCUT2D eigenvalue weighted by Gasteiger charge is -2.08. The highest BCUT2D eigenvalue weighted by Gasteiger charge is 2.04. The van der Waals surface area contributed by atoms with Crippen LogP contribution >= 0.6 is 27.9 Å². The van der Waals surface area contributed by atoms with Crippen LogP contribution in [0.4, 0.5) is 4.39 Å². The van der Waals surface area contributed by atoms with E-state index in [0.29, 0.717) is 11.5 Å². The molecule has 0 amide bonds. The Morgan fingerprint density at radius 1 is 1.44 bits per heavy atom. The zero-order valence-electron chi connectivity index (χ0n) is 9.87. The second-order valence-corrected chi connectivity index (χ2v) is 5.19. The maximum Gasteiger partial charge on any atom is 0.141 e. The minimum atomic E-state index is -0.542. The number of ether oxygens (including phenoxy) is 1. The molecule has 2 nitrogen and oxygen atoms in total. The molecule has 0 heterocycles. The Bertz CT molecular complexity index is 488. The fourth-order valence-corrected chi connectivity index (χ4v) is 2.26. The smallest absolute Gasteiger partial charge is 0.141 e. The zero-order valence-corrected chi connectivity index (χ0v) is 12.3. The molecule has 0 aromatic heterocycles. The van der Waals surface area contributed by atoms with Crippen molar-refractivity contribution in [2.75, 3.05) is 7.05 Å². The summed E-state index contributed by atoms with van der Waals surface area (Å²) in [6.07, 6.45) is 2.62. The minimum absolute atomic E-state index is 0.337. The Hall–Kier alpha value is -1.04. The number of rotatable bonds is 6. The molecule has 0 atom stereocenters. The normalized spacial score (nSPS) is 10.6. The predicted molar refractivity (Wildman–Crippen MR) is 78.2 cm³/mol. The van der Waals surface area contributed by atoms with E-state index in [1.54, 1.807) is 0 Å². The number of benzene rings is 1. The van der Waals surface area contributed by atoms with Gasteiger partial charge in [-0.1, -0.05) is 13.2 Å². The van der Waals surface area contributed by atoms with Crippen molar-refractivity contribution in [3.63, 3.8) is 0 Å². The molecule has 5 heteroatoms. The zero-order chi connectivity index (χ0) is 13.5. The molecule has 0 fully saturated rings. The molecule has 1 aromatic carbocycles. The van der Waals surface area contributed by atoms with Gasteiger partial charge in [0.15, 0.2) is 0 Å². The Balaban J connectivity index is 2.73. The van der Waals surface area contributed by atoms with E-state index < -0.39 is 5.83 Å². The van der Waals surface area contributed by atoms with Crippen LogP contribution in [0, 0.1) is 0 Å². The van der Waals surface area contributed by atoms with Crippen molar-refractivity contribution < 1.29 is 9.13 Å². The molecule has 0 unspecified atom stereocenters. The largest absolute Gasteiger partial charge is 0.457 e. The second-order valence-electron chi connectivity index (χ2n) is 3.25. The quantitative estimate of drug-likeness (QED) is 0.468. The average Bonchev–Trinajstić information content (AvgIpc) is 2.30. The summed E-state index contributed by atoms with van der Waals surface area (Å²) >= 11 is 4.90. The van der Waals surface area contributed by atoms with Gasteiger partial charge in [-0.3, -0.25) is 4.72 Å². The summed E-state index contributed by atoms with van der Waals surface area (Å²) in [6.45, 7) is 6.78. The van der Waals surface area contributed by atoms with Crippen LogP contribution in [-0.2, 0) is 0 Å². The maximum absolute atomic E-state index is 12.4. The predicted octanol–water partition coefficient (Wildman–Crippen LogP) is 4.61. The SMILES string of the molecule is C=C(F)/C=C\C(=C)Oc1ccc(SNC)cc1Br. The van der Waals surface area contributed by atoms with Gasteiger partial charge in [-0.05, 0) is 65.3 Å². The fourth-order valence-electron chi connectivity index (χ4n) is 1.10. The molecule has 0 aliphatic heterocycles. The van der Waals surface area contributed by atoms with E-state index in [0.717, 1.165) is 9.37 Å². The van der Waals surface area contributed by atoms with Crippen molar-refractivity contribution in [2.24, 2.45) is 0 Å². The third-order valence-corrected chi connectivity index (χ3v) is 3.13. The molecule has 18 heavy (non-hydrogen) atoms. The summed E-state index contributed by atoms with van der Waals surface area (Å²) < 4.78 is 21.7. The summed E-state index contributed by atoms with van der Waals surface area (Å²) in [4.78, 5) is 1.05. The Morgan fingerprint density at radius 2 is 2.17 bits per heavy atom. The summed E-state index contributed by atoms with van der Waals surface area (Å²) in [6, 6.07) is 5.64. The molecular weight excluding hydrogens is 317 g/mol. The molecule has 0 spiro atoms. The minimum Gasteiger partial charge on any atom is -0.457 e. The Labute approximate surface area is 119 Å². The molecule has 0 aliphatic carbocycles. The van der Waals surface area contributed by atoms with Gasteiger partial charge in [0.25, 0.3) is 0 Å². The fraction of sp³-hybridized carbons (Fsp3) is 0.0769. The van der Waals surface area contributed by atoms with E-state index in [4.69, 9.17) is 4.74 Å². The standard InChI is InChI=1S/C13H13BrFNOS/c1-9(15)4-5-10(2)17-13-7-6-11(18-16-3)8-12(13)14/h4-8,16H,1-2H2,3H3/b5-4-. The molecular formula is C13H13BrFNOS. The Morgan fingerprint density at radius 3 is 2.72 bits per heavy atom. The van der Waals surface area contributed by atoms with Crippen LogP contribution < -0.4 is 9.46 Å². The molecule has 1 N–H and O–H groups in total. The van der Waals surface area contributed by atoms with Crippen molar-refractivity contribution in [3.05, 3.63) is 59.6 Å². The first-order valence-corrected chi connectivity index (χ1v) is 6.66. The van der Waals surface area contributed by atoms with E-state index >= 15 is 0 Å². The first-order chi connectivity index (χ1) is 8.52. The second kappa shape index (κ2) is 7.41. The van der Waals surface area contributed by atoms with E-state index in [2.05, 4.69) is 33.8 Å². The molecule has 0 saturated carbocycles. The topological polar surface area (TPSA) is 21.3 Å². The Kier molecular flexibility index (Phi) is 6.18. The van der Waals surface area contributed by atoms with Gasteiger partial charge in [-0.2, -0.15) is 0 Å². The first kappa shape index (κ1) is 15.0. The molecule has 1 rings (SSSR count). The van der Waals surface area contributed by atoms with E-state index in [-0.39, 0.29) is 0 Å². The van der Waals surface area contributed by atoms with Gasteiger partial charge in [0, 0.05) is 4.90 Å². The van der Waals surface area contributed by atoms with Crippen molar-refractivity contribution >= 4 is 27.9 Å². The molecule has 0 aliphatic rings. The van der Waals surface area contributed by atoms with Crippen LogP contribution in [0.25, 0.3) is 0 Å². The van der Waals surface area contributed by atoms with Crippen molar-refractivity contribution in [3.8, 4) is 5.75 Å². The number of nitrogens with one attached hydrogen (secondary N) is 1. The summed E-state index contributed by atoms with van der Waals surface area (Å²) in [5, 5.41) is 0.